The quantitative estimate of drug-likeness (QED) is 0.554. The van der Waals surface area contributed by atoms with Crippen LogP contribution in [0, 0.1) is 18.7 Å². The number of aromatic nitrogens is 1. The Balaban J connectivity index is 1.58. The van der Waals surface area contributed by atoms with Crippen molar-refractivity contribution in [3.8, 4) is 0 Å². The summed E-state index contributed by atoms with van der Waals surface area (Å²) in [4.78, 5) is 21.1. The van der Waals surface area contributed by atoms with Crippen LogP contribution in [0.5, 0.6) is 0 Å². The lowest BCUT2D eigenvalue weighted by Crippen LogP contribution is -2.42. The third kappa shape index (κ3) is 4.94. The van der Waals surface area contributed by atoms with E-state index >= 15 is 0 Å². The number of H-pyrrole nitrogens is 1. The van der Waals surface area contributed by atoms with Crippen LogP contribution in [0.15, 0.2) is 66.9 Å². The van der Waals surface area contributed by atoms with Gasteiger partial charge >= 0.3 is 0 Å². The lowest BCUT2D eigenvalue weighted by Gasteiger charge is -2.32. The molecule has 0 unspecified atom stereocenters. The molecule has 1 saturated heterocycles. The van der Waals surface area contributed by atoms with Gasteiger partial charge in [-0.25, -0.2) is 4.39 Å². The van der Waals surface area contributed by atoms with Crippen molar-refractivity contribution in [1.29, 1.82) is 0 Å². The number of aromatic amines is 1. The van der Waals surface area contributed by atoms with E-state index in [9.17, 15) is 9.18 Å². The summed E-state index contributed by atoms with van der Waals surface area (Å²) in [6.45, 7) is 9.71. The van der Waals surface area contributed by atoms with Crippen LogP contribution in [0.2, 0.25) is 0 Å². The monoisotopic (exact) mass is 433 g/mol. The van der Waals surface area contributed by atoms with Crippen LogP contribution in [0.25, 0.3) is 0 Å². The van der Waals surface area contributed by atoms with E-state index in [4.69, 9.17) is 0 Å². The molecule has 1 fully saturated rings. The van der Waals surface area contributed by atoms with Crippen LogP contribution in [-0.2, 0) is 6.54 Å². The molecule has 0 aliphatic carbocycles. The number of carbonyl (C=O) groups is 1. The van der Waals surface area contributed by atoms with Crippen LogP contribution in [-0.4, -0.2) is 46.4 Å². The minimum atomic E-state index is -0.326. The zero-order valence-electron chi connectivity index (χ0n) is 19.1. The molecular formula is C27H32FN3O. The fourth-order valence-corrected chi connectivity index (χ4v) is 4.88. The van der Waals surface area contributed by atoms with E-state index in [-0.39, 0.29) is 17.8 Å². The summed E-state index contributed by atoms with van der Waals surface area (Å²) >= 11 is 0. The Morgan fingerprint density at radius 3 is 2.50 bits per heavy atom. The summed E-state index contributed by atoms with van der Waals surface area (Å²) in [5.41, 5.74) is 4.40. The van der Waals surface area contributed by atoms with Crippen molar-refractivity contribution < 1.29 is 9.18 Å². The number of nitrogens with zero attached hydrogens (tertiary/aromatic N) is 2. The molecule has 5 heteroatoms. The van der Waals surface area contributed by atoms with E-state index in [1.54, 1.807) is 12.1 Å². The molecule has 0 bridgehead atoms. The van der Waals surface area contributed by atoms with Crippen molar-refractivity contribution in [2.75, 3.05) is 19.6 Å². The molecule has 0 spiro atoms. The number of halogens is 1. The van der Waals surface area contributed by atoms with Gasteiger partial charge in [0.1, 0.15) is 5.82 Å². The smallest absolute Gasteiger partial charge is 0.254 e. The van der Waals surface area contributed by atoms with E-state index in [0.29, 0.717) is 23.9 Å². The maximum atomic E-state index is 13.4. The van der Waals surface area contributed by atoms with E-state index in [2.05, 4.69) is 61.0 Å². The lowest BCUT2D eigenvalue weighted by molar-refractivity contribution is 0.0668. The normalized spacial score (nSPS) is 18.9. The van der Waals surface area contributed by atoms with Crippen molar-refractivity contribution in [2.24, 2.45) is 5.92 Å². The van der Waals surface area contributed by atoms with Gasteiger partial charge in [0.15, 0.2) is 0 Å². The Hall–Kier alpha value is -2.92. The summed E-state index contributed by atoms with van der Waals surface area (Å²) < 4.78 is 13.4. The molecule has 4 nitrogen and oxygen atoms in total. The predicted molar refractivity (Wildman–Crippen MR) is 126 cm³/mol. The molecule has 2 atom stereocenters. The van der Waals surface area contributed by atoms with Crippen LogP contribution < -0.4 is 0 Å². The molecule has 4 rings (SSSR count). The third-order valence-corrected chi connectivity index (χ3v) is 6.57. The number of hydrogen-bond acceptors (Lipinski definition) is 2. The zero-order chi connectivity index (χ0) is 22.7. The van der Waals surface area contributed by atoms with Gasteiger partial charge in [-0.1, -0.05) is 24.3 Å². The minimum Gasteiger partial charge on any atom is -0.364 e. The van der Waals surface area contributed by atoms with Gasteiger partial charge < -0.3 is 9.88 Å². The second kappa shape index (κ2) is 9.70. The van der Waals surface area contributed by atoms with Crippen molar-refractivity contribution in [3.63, 3.8) is 0 Å². The second-order valence-electron chi connectivity index (χ2n) is 9.17. The first-order valence-corrected chi connectivity index (χ1v) is 11.4. The van der Waals surface area contributed by atoms with Crippen molar-refractivity contribution in [3.05, 3.63) is 95.1 Å². The minimum absolute atomic E-state index is 0.0358. The van der Waals surface area contributed by atoms with E-state index in [1.165, 1.54) is 29.0 Å². The van der Waals surface area contributed by atoms with Crippen LogP contribution in [0.1, 0.15) is 46.9 Å². The number of likely N-dealkylation sites (tertiary alicyclic amines) is 1. The molecule has 32 heavy (non-hydrogen) atoms. The molecule has 1 amide bonds. The first-order chi connectivity index (χ1) is 15.4. The van der Waals surface area contributed by atoms with Crippen molar-refractivity contribution in [2.45, 2.75) is 39.3 Å². The highest BCUT2D eigenvalue weighted by Gasteiger charge is 2.37. The maximum absolute atomic E-state index is 13.4. The molecule has 2 heterocycles. The number of aryl methyl sites for hydroxylation is 1. The van der Waals surface area contributed by atoms with Gasteiger partial charge in [0.2, 0.25) is 0 Å². The fourth-order valence-electron chi connectivity index (χ4n) is 4.88. The summed E-state index contributed by atoms with van der Waals surface area (Å²) in [6.07, 6.45) is 1.96. The lowest BCUT2D eigenvalue weighted by atomic mass is 9.86. The molecule has 2 aromatic carbocycles. The topological polar surface area (TPSA) is 39.3 Å². The van der Waals surface area contributed by atoms with Gasteiger partial charge in [0.25, 0.3) is 5.91 Å². The molecule has 1 aliphatic heterocycles. The van der Waals surface area contributed by atoms with Crippen LogP contribution in [0.4, 0.5) is 4.39 Å². The van der Waals surface area contributed by atoms with Gasteiger partial charge in [-0.15, -0.1) is 0 Å². The van der Waals surface area contributed by atoms with Gasteiger partial charge in [-0.2, -0.15) is 0 Å². The number of hydrogen-bond donors (Lipinski definition) is 1. The number of benzene rings is 2. The van der Waals surface area contributed by atoms with Gasteiger partial charge in [0, 0.05) is 55.6 Å². The fraction of sp³-hybridized carbons (Fsp3) is 0.370. The molecule has 0 radical (unpaired) electrons. The molecule has 1 aromatic heterocycles. The second-order valence-corrected chi connectivity index (χ2v) is 9.17. The molecule has 3 aromatic rings. The molecule has 168 valence electrons. The highest BCUT2D eigenvalue weighted by molar-refractivity contribution is 5.94. The van der Waals surface area contributed by atoms with E-state index in [0.717, 1.165) is 19.6 Å². The molecular weight excluding hydrogens is 401 g/mol. The summed E-state index contributed by atoms with van der Waals surface area (Å²) in [6, 6.07) is 18.7. The predicted octanol–water partition coefficient (Wildman–Crippen LogP) is 5.23. The number of nitrogens with one attached hydrogen (secondary N) is 1. The van der Waals surface area contributed by atoms with Crippen molar-refractivity contribution in [1.82, 2.24) is 14.8 Å². The largest absolute Gasteiger partial charge is 0.364 e. The highest BCUT2D eigenvalue weighted by atomic mass is 19.1. The average Bonchev–Trinajstić information content (AvgIpc) is 3.42. The first-order valence-electron chi connectivity index (χ1n) is 11.4. The standard InChI is InChI=1S/C27H32FN3O/c1-19(2)31(27(32)21-10-12-23(28)13-11-21)16-22-15-30(17-24-8-6-14-29-24)18-26(22)25-9-5-4-7-20(25)3/h4-14,19,22,26,29H,15-18H2,1-3H3/t22-,26+/m1/s1. The zero-order valence-corrected chi connectivity index (χ0v) is 19.1. The Labute approximate surface area is 190 Å². The molecule has 0 saturated carbocycles. The first kappa shape index (κ1) is 22.3. The average molecular weight is 434 g/mol. The Morgan fingerprint density at radius 1 is 1.09 bits per heavy atom. The van der Waals surface area contributed by atoms with Gasteiger partial charge in [0.05, 0.1) is 0 Å². The Morgan fingerprint density at radius 2 is 1.84 bits per heavy atom. The van der Waals surface area contributed by atoms with Gasteiger partial charge in [-0.05, 0) is 74.2 Å². The van der Waals surface area contributed by atoms with Crippen molar-refractivity contribution >= 4 is 5.91 Å². The van der Waals surface area contributed by atoms with Crippen LogP contribution >= 0.6 is 0 Å². The highest BCUT2D eigenvalue weighted by Crippen LogP contribution is 2.36. The molecule has 1 aliphatic rings. The summed E-state index contributed by atoms with van der Waals surface area (Å²) in [5, 5.41) is 0. The Kier molecular flexibility index (Phi) is 6.75. The van der Waals surface area contributed by atoms with E-state index in [1.807, 2.05) is 17.2 Å². The van der Waals surface area contributed by atoms with Gasteiger partial charge in [-0.3, -0.25) is 9.69 Å². The number of rotatable bonds is 7. The maximum Gasteiger partial charge on any atom is 0.254 e. The van der Waals surface area contributed by atoms with Crippen LogP contribution in [0.3, 0.4) is 0 Å². The third-order valence-electron chi connectivity index (χ3n) is 6.57. The summed E-state index contributed by atoms with van der Waals surface area (Å²) in [7, 11) is 0. The molecule has 1 N–H and O–H groups in total. The summed E-state index contributed by atoms with van der Waals surface area (Å²) in [5.74, 6) is 0.311. The van der Waals surface area contributed by atoms with E-state index < -0.39 is 0 Å². The SMILES string of the molecule is Cc1ccccc1[C@H]1CN(Cc2ccc[nH]2)C[C@@H]1CN(C(=O)c1ccc(F)cc1)C(C)C. The Bertz CT molecular complexity index is 1030. The number of carbonyl (C=O) groups excluding carboxylic acids is 1. The number of amides is 1.